The lowest BCUT2D eigenvalue weighted by Gasteiger charge is -2.27. The Morgan fingerprint density at radius 1 is 1.03 bits per heavy atom. The third kappa shape index (κ3) is 5.46. The highest BCUT2D eigenvalue weighted by Crippen LogP contribution is 2.39. The lowest BCUT2D eigenvalue weighted by Crippen LogP contribution is -2.42. The van der Waals surface area contributed by atoms with Crippen LogP contribution in [0.2, 0.25) is 0 Å². The van der Waals surface area contributed by atoms with E-state index in [0.717, 1.165) is 16.9 Å². The Morgan fingerprint density at radius 2 is 1.69 bits per heavy atom. The number of aromatic nitrogens is 1. The molecule has 204 valence electrons. The standard InChI is InChI=1S/C29H30N2O7S/c1-6-37-28(33)23-22(18-10-8-12-20(15-18)36-5)24(29(34)38-16(2)3)27-31(25(23)30)26(32)21(39-27)14-17-9-7-11-19(13-17)35-4/h7-16,22H,6,30H2,1-5H3/t22-/m0/s1. The first-order valence-corrected chi connectivity index (χ1v) is 13.2. The van der Waals surface area contributed by atoms with Crippen molar-refractivity contribution in [2.45, 2.75) is 32.8 Å². The van der Waals surface area contributed by atoms with Gasteiger partial charge in [0.2, 0.25) is 0 Å². The molecule has 2 heterocycles. The molecule has 1 aromatic heterocycles. The summed E-state index contributed by atoms with van der Waals surface area (Å²) >= 11 is 1.09. The second kappa shape index (κ2) is 11.6. The summed E-state index contributed by atoms with van der Waals surface area (Å²) in [7, 11) is 3.08. The zero-order chi connectivity index (χ0) is 28.3. The molecule has 0 radical (unpaired) electrons. The Hall–Kier alpha value is -4.31. The molecule has 0 fully saturated rings. The fourth-order valence-electron chi connectivity index (χ4n) is 4.37. The molecular weight excluding hydrogens is 520 g/mol. The van der Waals surface area contributed by atoms with E-state index in [0.29, 0.717) is 21.6 Å². The number of benzene rings is 2. The van der Waals surface area contributed by atoms with Crippen molar-refractivity contribution >= 4 is 40.7 Å². The van der Waals surface area contributed by atoms with Crippen LogP contribution in [0.1, 0.15) is 37.8 Å². The summed E-state index contributed by atoms with van der Waals surface area (Å²) in [5, 5.41) is 0. The molecular formula is C29H30N2O7S. The maximum Gasteiger partial charge on any atom is 0.338 e. The van der Waals surface area contributed by atoms with Crippen molar-refractivity contribution in [1.29, 1.82) is 0 Å². The third-order valence-corrected chi connectivity index (χ3v) is 7.13. The van der Waals surface area contributed by atoms with E-state index in [9.17, 15) is 14.4 Å². The van der Waals surface area contributed by atoms with E-state index in [1.54, 1.807) is 76.4 Å². The van der Waals surface area contributed by atoms with E-state index in [1.807, 2.05) is 6.07 Å². The molecule has 10 heteroatoms. The molecule has 39 heavy (non-hydrogen) atoms. The lowest BCUT2D eigenvalue weighted by atomic mass is 9.83. The molecule has 1 atom stereocenters. The predicted molar refractivity (Wildman–Crippen MR) is 149 cm³/mol. The number of esters is 2. The number of carbonyl (C=O) groups excluding carboxylic acids is 2. The van der Waals surface area contributed by atoms with Crippen molar-refractivity contribution < 1.29 is 28.5 Å². The number of ether oxygens (including phenoxy) is 4. The second-order valence-electron chi connectivity index (χ2n) is 8.93. The molecule has 0 unspecified atom stereocenters. The maximum atomic E-state index is 13.7. The largest absolute Gasteiger partial charge is 0.497 e. The van der Waals surface area contributed by atoms with Gasteiger partial charge in [-0.2, -0.15) is 0 Å². The first-order valence-electron chi connectivity index (χ1n) is 12.3. The lowest BCUT2D eigenvalue weighted by molar-refractivity contribution is -0.140. The van der Waals surface area contributed by atoms with Crippen molar-refractivity contribution in [3.05, 3.63) is 84.8 Å². The van der Waals surface area contributed by atoms with Crippen LogP contribution in [0, 0.1) is 0 Å². The van der Waals surface area contributed by atoms with Gasteiger partial charge in [0.15, 0.2) is 0 Å². The first-order chi connectivity index (χ1) is 18.7. The van der Waals surface area contributed by atoms with Gasteiger partial charge in [0.1, 0.15) is 22.0 Å². The van der Waals surface area contributed by atoms with Crippen LogP contribution < -0.4 is 30.0 Å². The highest BCUT2D eigenvalue weighted by atomic mass is 32.1. The van der Waals surface area contributed by atoms with Crippen LogP contribution in [0.3, 0.4) is 0 Å². The molecule has 1 aliphatic rings. The van der Waals surface area contributed by atoms with Crippen LogP contribution in [-0.4, -0.2) is 43.4 Å². The average molecular weight is 551 g/mol. The Balaban J connectivity index is 2.11. The summed E-state index contributed by atoms with van der Waals surface area (Å²) in [6.07, 6.45) is 1.23. The minimum atomic E-state index is -0.965. The smallest absolute Gasteiger partial charge is 0.338 e. The van der Waals surface area contributed by atoms with Gasteiger partial charge in [-0.3, -0.25) is 9.36 Å². The van der Waals surface area contributed by atoms with E-state index in [2.05, 4.69) is 0 Å². The summed E-state index contributed by atoms with van der Waals surface area (Å²) in [6.45, 7) is 5.19. The fraction of sp³-hybridized carbons (Fsp3) is 0.276. The number of carbonyl (C=O) groups is 2. The Labute approximate surface area is 229 Å². The normalized spacial score (nSPS) is 15.3. The van der Waals surface area contributed by atoms with E-state index in [-0.39, 0.29) is 28.2 Å². The van der Waals surface area contributed by atoms with Gasteiger partial charge in [0, 0.05) is 0 Å². The van der Waals surface area contributed by atoms with Gasteiger partial charge in [-0.1, -0.05) is 24.3 Å². The first kappa shape index (κ1) is 27.7. The number of fused-ring (bicyclic) bond motifs is 1. The van der Waals surface area contributed by atoms with Gasteiger partial charge in [0.05, 0.1) is 48.5 Å². The van der Waals surface area contributed by atoms with Gasteiger partial charge < -0.3 is 24.7 Å². The molecule has 0 spiro atoms. The number of hydrogen-bond donors (Lipinski definition) is 1. The van der Waals surface area contributed by atoms with Crippen LogP contribution in [-0.2, 0) is 19.1 Å². The van der Waals surface area contributed by atoms with Crippen molar-refractivity contribution in [3.8, 4) is 11.5 Å². The SMILES string of the molecule is CCOC(=O)C1=C(N)n2c(sc(=Cc3cccc(OC)c3)c2=O)=C(C(=O)OC(C)C)[C@H]1c1cccc(OC)c1. The van der Waals surface area contributed by atoms with E-state index in [4.69, 9.17) is 24.7 Å². The molecule has 2 N–H and O–H groups in total. The zero-order valence-electron chi connectivity index (χ0n) is 22.3. The maximum absolute atomic E-state index is 13.7. The molecule has 0 amide bonds. The number of nitrogens with zero attached hydrogens (tertiary/aromatic N) is 1. The van der Waals surface area contributed by atoms with Crippen LogP contribution >= 0.6 is 11.3 Å². The number of hydrogen-bond acceptors (Lipinski definition) is 9. The Kier molecular flexibility index (Phi) is 8.25. The van der Waals surface area contributed by atoms with Gasteiger partial charge in [-0.15, -0.1) is 11.3 Å². The van der Waals surface area contributed by atoms with E-state index in [1.165, 1.54) is 11.7 Å². The minimum Gasteiger partial charge on any atom is -0.497 e. The van der Waals surface area contributed by atoms with E-state index < -0.39 is 29.5 Å². The van der Waals surface area contributed by atoms with Crippen LogP contribution in [0.25, 0.3) is 17.5 Å². The minimum absolute atomic E-state index is 0.0267. The summed E-state index contributed by atoms with van der Waals surface area (Å²) in [5.41, 5.74) is 7.44. The molecule has 0 saturated carbocycles. The molecule has 2 aromatic carbocycles. The van der Waals surface area contributed by atoms with Gasteiger partial charge in [-0.25, -0.2) is 9.59 Å². The molecule has 1 aliphatic heterocycles. The summed E-state index contributed by atoms with van der Waals surface area (Å²) < 4.78 is 23.4. The van der Waals surface area contributed by atoms with Gasteiger partial charge in [0.25, 0.3) is 5.56 Å². The third-order valence-electron chi connectivity index (χ3n) is 6.02. The van der Waals surface area contributed by atoms with E-state index >= 15 is 0 Å². The number of methoxy groups -OCH3 is 2. The molecule has 4 rings (SSSR count). The van der Waals surface area contributed by atoms with Crippen LogP contribution in [0.5, 0.6) is 11.5 Å². The quantitative estimate of drug-likeness (QED) is 0.425. The van der Waals surface area contributed by atoms with Crippen molar-refractivity contribution in [1.82, 2.24) is 4.57 Å². The topological polar surface area (TPSA) is 119 Å². The molecule has 9 nitrogen and oxygen atoms in total. The summed E-state index contributed by atoms with van der Waals surface area (Å²) in [5.74, 6) is -1.33. The van der Waals surface area contributed by atoms with Gasteiger partial charge in [-0.05, 0) is 62.2 Å². The summed E-state index contributed by atoms with van der Waals surface area (Å²) in [6, 6.07) is 14.2. The number of nitrogens with two attached hydrogens (primary N) is 1. The van der Waals surface area contributed by atoms with Crippen LogP contribution in [0.15, 0.2) is 58.9 Å². The molecule has 0 saturated heterocycles. The number of rotatable bonds is 8. The molecule has 3 aromatic rings. The predicted octanol–water partition coefficient (Wildman–Crippen LogP) is 2.35. The van der Waals surface area contributed by atoms with Crippen molar-refractivity contribution in [2.24, 2.45) is 5.73 Å². The fourth-order valence-corrected chi connectivity index (χ4v) is 5.53. The highest BCUT2D eigenvalue weighted by Gasteiger charge is 2.40. The zero-order valence-corrected chi connectivity index (χ0v) is 23.2. The second-order valence-corrected chi connectivity index (χ2v) is 9.96. The van der Waals surface area contributed by atoms with Gasteiger partial charge >= 0.3 is 11.9 Å². The van der Waals surface area contributed by atoms with Crippen LogP contribution in [0.4, 0.5) is 0 Å². The average Bonchev–Trinajstić information content (AvgIpc) is 3.23. The molecule has 0 bridgehead atoms. The summed E-state index contributed by atoms with van der Waals surface area (Å²) in [4.78, 5) is 40.7. The van der Waals surface area contributed by atoms with Crippen molar-refractivity contribution in [3.63, 3.8) is 0 Å². The van der Waals surface area contributed by atoms with Crippen molar-refractivity contribution in [2.75, 3.05) is 20.8 Å². The number of thiazole rings is 1. The molecule has 0 aliphatic carbocycles. The Morgan fingerprint density at radius 3 is 2.33 bits per heavy atom. The highest BCUT2D eigenvalue weighted by molar-refractivity contribution is 7.07. The monoisotopic (exact) mass is 550 g/mol. The Bertz CT molecular complexity index is 1630.